The van der Waals surface area contributed by atoms with Crippen molar-refractivity contribution >= 4 is 5.69 Å². The molecule has 2 N–H and O–H groups in total. The third-order valence-corrected chi connectivity index (χ3v) is 2.43. The standard InChI is InChI=1S/C10H9N3/c11-8-1-2-9-7(5-8)6-10-12-3-4-13(9)10/h1-5H,6,11H2. The molecule has 0 saturated carbocycles. The second-order valence-corrected chi connectivity index (χ2v) is 3.28. The zero-order valence-corrected chi connectivity index (χ0v) is 7.07. The number of nitrogens with two attached hydrogens (primary N) is 1. The lowest BCUT2D eigenvalue weighted by Crippen LogP contribution is -1.90. The molecule has 0 aliphatic carbocycles. The number of aromatic nitrogens is 2. The third-order valence-electron chi connectivity index (χ3n) is 2.43. The second kappa shape index (κ2) is 2.13. The molecule has 0 atom stereocenters. The van der Waals surface area contributed by atoms with Gasteiger partial charge in [-0.25, -0.2) is 4.98 Å². The highest BCUT2D eigenvalue weighted by Crippen LogP contribution is 2.27. The summed E-state index contributed by atoms with van der Waals surface area (Å²) < 4.78 is 2.11. The van der Waals surface area contributed by atoms with Gasteiger partial charge in [-0.15, -0.1) is 0 Å². The number of hydrogen-bond donors (Lipinski definition) is 1. The Kier molecular flexibility index (Phi) is 1.10. The molecule has 0 fully saturated rings. The molecule has 1 aliphatic heterocycles. The lowest BCUT2D eigenvalue weighted by Gasteiger charge is -2.01. The van der Waals surface area contributed by atoms with Gasteiger partial charge in [0.1, 0.15) is 5.82 Å². The van der Waals surface area contributed by atoms with Crippen LogP contribution in [0.4, 0.5) is 5.69 Å². The Morgan fingerprint density at radius 2 is 2.31 bits per heavy atom. The predicted octanol–water partition coefficient (Wildman–Crippen LogP) is 1.36. The molecule has 0 amide bonds. The van der Waals surface area contributed by atoms with E-state index in [1.807, 2.05) is 30.6 Å². The van der Waals surface area contributed by atoms with Crippen LogP contribution in [0.2, 0.25) is 0 Å². The van der Waals surface area contributed by atoms with E-state index in [2.05, 4.69) is 9.55 Å². The maximum atomic E-state index is 5.70. The summed E-state index contributed by atoms with van der Waals surface area (Å²) in [6, 6.07) is 5.99. The summed E-state index contributed by atoms with van der Waals surface area (Å²) >= 11 is 0. The van der Waals surface area contributed by atoms with Crippen molar-refractivity contribution in [3.8, 4) is 5.69 Å². The molecule has 2 heterocycles. The summed E-state index contributed by atoms with van der Waals surface area (Å²) in [6.07, 6.45) is 4.71. The average molecular weight is 171 g/mol. The van der Waals surface area contributed by atoms with E-state index in [4.69, 9.17) is 5.73 Å². The van der Waals surface area contributed by atoms with Gasteiger partial charge in [0.15, 0.2) is 0 Å². The van der Waals surface area contributed by atoms with Crippen LogP contribution in [0.15, 0.2) is 30.6 Å². The van der Waals surface area contributed by atoms with Crippen LogP contribution < -0.4 is 5.73 Å². The molecule has 3 nitrogen and oxygen atoms in total. The number of nitrogen functional groups attached to an aromatic ring is 1. The molecule has 0 spiro atoms. The van der Waals surface area contributed by atoms with Crippen molar-refractivity contribution in [2.24, 2.45) is 0 Å². The summed E-state index contributed by atoms with van der Waals surface area (Å²) in [4.78, 5) is 4.26. The van der Waals surface area contributed by atoms with Crippen molar-refractivity contribution in [2.75, 3.05) is 5.73 Å². The highest BCUT2D eigenvalue weighted by atomic mass is 15.1. The number of hydrogen-bond acceptors (Lipinski definition) is 2. The molecule has 64 valence electrons. The Balaban J connectivity index is 2.29. The third kappa shape index (κ3) is 0.811. The monoisotopic (exact) mass is 171 g/mol. The Morgan fingerprint density at radius 1 is 1.38 bits per heavy atom. The van der Waals surface area contributed by atoms with E-state index < -0.39 is 0 Å². The van der Waals surface area contributed by atoms with Crippen molar-refractivity contribution < 1.29 is 0 Å². The highest BCUT2D eigenvalue weighted by Gasteiger charge is 2.17. The Hall–Kier alpha value is -1.77. The topological polar surface area (TPSA) is 43.8 Å². The van der Waals surface area contributed by atoms with Gasteiger partial charge in [0.25, 0.3) is 0 Å². The molecular weight excluding hydrogens is 162 g/mol. The number of rotatable bonds is 0. The zero-order chi connectivity index (χ0) is 8.84. The highest BCUT2D eigenvalue weighted by molar-refractivity contribution is 5.55. The minimum absolute atomic E-state index is 0.824. The van der Waals surface area contributed by atoms with E-state index in [9.17, 15) is 0 Å². The molecule has 3 heteroatoms. The summed E-state index contributed by atoms with van der Waals surface area (Å²) in [7, 11) is 0. The minimum atomic E-state index is 0.824. The van der Waals surface area contributed by atoms with E-state index in [0.717, 1.165) is 17.9 Å². The lowest BCUT2D eigenvalue weighted by molar-refractivity contribution is 0.997. The quantitative estimate of drug-likeness (QED) is 0.519. The second-order valence-electron chi connectivity index (χ2n) is 3.28. The normalized spacial score (nSPS) is 12.6. The van der Waals surface area contributed by atoms with Crippen LogP contribution in [0.5, 0.6) is 0 Å². The van der Waals surface area contributed by atoms with E-state index in [1.54, 1.807) is 0 Å². The van der Waals surface area contributed by atoms with Crippen LogP contribution in [0, 0.1) is 0 Å². The summed E-state index contributed by atoms with van der Waals surface area (Å²) in [5.74, 6) is 1.10. The van der Waals surface area contributed by atoms with Crippen molar-refractivity contribution in [1.29, 1.82) is 0 Å². The molecule has 1 aliphatic rings. The van der Waals surface area contributed by atoms with E-state index in [1.165, 1.54) is 11.3 Å². The molecule has 0 radical (unpaired) electrons. The van der Waals surface area contributed by atoms with E-state index in [-0.39, 0.29) is 0 Å². The number of benzene rings is 1. The molecule has 1 aromatic carbocycles. The molecule has 0 saturated heterocycles. The number of anilines is 1. The van der Waals surface area contributed by atoms with Gasteiger partial charge in [-0.2, -0.15) is 0 Å². The van der Waals surface area contributed by atoms with Crippen molar-refractivity contribution in [3.63, 3.8) is 0 Å². The number of fused-ring (bicyclic) bond motifs is 3. The first-order valence-electron chi connectivity index (χ1n) is 4.25. The van der Waals surface area contributed by atoms with Gasteiger partial charge >= 0.3 is 0 Å². The van der Waals surface area contributed by atoms with Crippen LogP contribution >= 0.6 is 0 Å². The first kappa shape index (κ1) is 6.71. The van der Waals surface area contributed by atoms with Crippen LogP contribution in [0.25, 0.3) is 5.69 Å². The SMILES string of the molecule is Nc1ccc2c(c1)Cc1nccn1-2. The van der Waals surface area contributed by atoms with Crippen LogP contribution in [-0.4, -0.2) is 9.55 Å². The first-order valence-corrected chi connectivity index (χ1v) is 4.25. The largest absolute Gasteiger partial charge is 0.399 e. The maximum Gasteiger partial charge on any atom is 0.117 e. The van der Waals surface area contributed by atoms with Gasteiger partial charge in [-0.1, -0.05) is 0 Å². The maximum absolute atomic E-state index is 5.70. The smallest absolute Gasteiger partial charge is 0.117 e. The number of imidazole rings is 1. The molecule has 1 aromatic heterocycles. The predicted molar refractivity (Wildman–Crippen MR) is 50.8 cm³/mol. The minimum Gasteiger partial charge on any atom is -0.399 e. The van der Waals surface area contributed by atoms with Crippen LogP contribution in [-0.2, 0) is 6.42 Å². The molecular formula is C10H9N3. The fraction of sp³-hybridized carbons (Fsp3) is 0.100. The summed E-state index contributed by atoms with van der Waals surface area (Å²) in [5.41, 5.74) is 9.01. The van der Waals surface area contributed by atoms with Crippen LogP contribution in [0.3, 0.4) is 0 Å². The zero-order valence-electron chi connectivity index (χ0n) is 7.07. The Labute approximate surface area is 75.8 Å². The van der Waals surface area contributed by atoms with Crippen molar-refractivity contribution in [3.05, 3.63) is 42.0 Å². The van der Waals surface area contributed by atoms with Crippen molar-refractivity contribution in [2.45, 2.75) is 6.42 Å². The number of nitrogens with zero attached hydrogens (tertiary/aromatic N) is 2. The molecule has 0 unspecified atom stereocenters. The molecule has 2 aromatic rings. The van der Waals surface area contributed by atoms with Gasteiger partial charge in [-0.05, 0) is 23.8 Å². The first-order chi connectivity index (χ1) is 6.34. The van der Waals surface area contributed by atoms with Gasteiger partial charge < -0.3 is 10.3 Å². The van der Waals surface area contributed by atoms with Gasteiger partial charge in [0, 0.05) is 24.5 Å². The van der Waals surface area contributed by atoms with Crippen LogP contribution in [0.1, 0.15) is 11.4 Å². The Morgan fingerprint density at radius 3 is 3.23 bits per heavy atom. The van der Waals surface area contributed by atoms with Gasteiger partial charge in [0.05, 0.1) is 5.69 Å². The van der Waals surface area contributed by atoms with E-state index in [0.29, 0.717) is 0 Å². The molecule has 0 bridgehead atoms. The Bertz CT molecular complexity index is 471. The summed E-state index contributed by atoms with van der Waals surface area (Å²) in [6.45, 7) is 0. The van der Waals surface area contributed by atoms with E-state index >= 15 is 0 Å². The molecule has 13 heavy (non-hydrogen) atoms. The fourth-order valence-electron chi connectivity index (χ4n) is 1.84. The summed E-state index contributed by atoms with van der Waals surface area (Å²) in [5, 5.41) is 0. The van der Waals surface area contributed by atoms with Crippen molar-refractivity contribution in [1.82, 2.24) is 9.55 Å². The van der Waals surface area contributed by atoms with Gasteiger partial charge in [0.2, 0.25) is 0 Å². The molecule has 3 rings (SSSR count). The van der Waals surface area contributed by atoms with Gasteiger partial charge in [-0.3, -0.25) is 0 Å². The average Bonchev–Trinajstić information content (AvgIpc) is 2.62. The lowest BCUT2D eigenvalue weighted by atomic mass is 10.1. The fourth-order valence-corrected chi connectivity index (χ4v) is 1.84.